The lowest BCUT2D eigenvalue weighted by molar-refractivity contribution is 0.0410. The lowest BCUT2D eigenvalue weighted by atomic mass is 9.90. The van der Waals surface area contributed by atoms with Gasteiger partial charge in [-0.05, 0) is 35.7 Å². The Morgan fingerprint density at radius 3 is 2.82 bits per heavy atom. The van der Waals surface area contributed by atoms with E-state index >= 15 is 0 Å². The topological polar surface area (TPSA) is 59.0 Å². The highest BCUT2D eigenvalue weighted by molar-refractivity contribution is 7.80. The van der Waals surface area contributed by atoms with Gasteiger partial charge in [-0.2, -0.15) is 12.6 Å². The zero-order valence-electron chi connectivity index (χ0n) is 15.7. The summed E-state index contributed by atoms with van der Waals surface area (Å²) in [5.41, 5.74) is 5.38. The first kappa shape index (κ1) is 18.9. The molecule has 0 aliphatic carbocycles. The third-order valence-corrected chi connectivity index (χ3v) is 5.67. The average molecular weight is 397 g/mol. The number of benzene rings is 2. The Kier molecular flexibility index (Phi) is 5.33. The van der Waals surface area contributed by atoms with Gasteiger partial charge >= 0.3 is 5.97 Å². The van der Waals surface area contributed by atoms with Gasteiger partial charge < -0.3 is 19.5 Å². The minimum atomic E-state index is -0.948. The third kappa shape index (κ3) is 3.38. The molecule has 28 heavy (non-hydrogen) atoms. The number of nitrogens with zero attached hydrogens (tertiary/aromatic N) is 1. The van der Waals surface area contributed by atoms with Crippen LogP contribution in [0.5, 0.6) is 5.75 Å². The number of thiol groups is 1. The molecular formula is C22H23NO4S. The maximum Gasteiger partial charge on any atom is 0.335 e. The van der Waals surface area contributed by atoms with Crippen LogP contribution in [0.25, 0.3) is 5.57 Å². The summed E-state index contributed by atoms with van der Waals surface area (Å²) in [6.07, 6.45) is 0.789. The number of fused-ring (bicyclic) bond motifs is 2. The molecule has 1 atom stereocenters. The second-order valence-electron chi connectivity index (χ2n) is 6.89. The van der Waals surface area contributed by atoms with Crippen molar-refractivity contribution in [1.29, 1.82) is 0 Å². The summed E-state index contributed by atoms with van der Waals surface area (Å²) in [4.78, 5) is 13.9. The van der Waals surface area contributed by atoms with Crippen molar-refractivity contribution >= 4 is 24.2 Å². The number of morpholine rings is 1. The van der Waals surface area contributed by atoms with E-state index in [4.69, 9.17) is 22.1 Å². The van der Waals surface area contributed by atoms with E-state index in [0.29, 0.717) is 25.6 Å². The highest BCUT2D eigenvalue weighted by Crippen LogP contribution is 2.41. The van der Waals surface area contributed by atoms with Crippen LogP contribution in [0.3, 0.4) is 0 Å². The number of hydrogen-bond donors (Lipinski definition) is 2. The van der Waals surface area contributed by atoms with Gasteiger partial charge in [0.05, 0.1) is 24.2 Å². The van der Waals surface area contributed by atoms with Crippen LogP contribution in [0.2, 0.25) is 0 Å². The van der Waals surface area contributed by atoms with E-state index in [1.807, 2.05) is 12.1 Å². The van der Waals surface area contributed by atoms with Gasteiger partial charge in [-0.15, -0.1) is 0 Å². The van der Waals surface area contributed by atoms with E-state index in [0.717, 1.165) is 40.9 Å². The van der Waals surface area contributed by atoms with E-state index in [-0.39, 0.29) is 10.9 Å². The van der Waals surface area contributed by atoms with Gasteiger partial charge in [0.15, 0.2) is 0 Å². The first-order valence-electron chi connectivity index (χ1n) is 9.44. The molecule has 1 saturated heterocycles. The number of ether oxygens (including phenoxy) is 2. The molecule has 2 aromatic carbocycles. The molecule has 2 aromatic rings. The molecule has 6 heteroatoms. The number of carbonyl (C=O) groups is 1. The first-order chi connectivity index (χ1) is 13.6. The zero-order valence-corrected chi connectivity index (χ0v) is 16.6. The number of allylic oxidation sites excluding steroid dienone is 1. The van der Waals surface area contributed by atoms with Crippen LogP contribution in [0.4, 0.5) is 0 Å². The van der Waals surface area contributed by atoms with E-state index in [1.165, 1.54) is 0 Å². The van der Waals surface area contributed by atoms with Crippen LogP contribution >= 0.6 is 12.6 Å². The standard InChI is InChI=1S/C22H23NO4S/c1-2-18(23-9-10-26-13-20(23)28)21-16-6-4-3-5-15(16)12-27-19-8-7-14(22(24)25)11-17(19)21/h3-8,11,20,28H,2,9-10,12-13H2,1H3,(H,24,25)/b21-18+. The van der Waals surface area contributed by atoms with Gasteiger partial charge in [-0.25, -0.2) is 4.79 Å². The molecular weight excluding hydrogens is 374 g/mol. The summed E-state index contributed by atoms with van der Waals surface area (Å²) in [6, 6.07) is 13.2. The molecule has 1 N–H and O–H groups in total. The highest BCUT2D eigenvalue weighted by atomic mass is 32.1. The molecule has 0 spiro atoms. The molecule has 2 aliphatic rings. The lowest BCUT2D eigenvalue weighted by Gasteiger charge is -2.37. The van der Waals surface area contributed by atoms with Gasteiger partial charge in [0.1, 0.15) is 12.4 Å². The largest absolute Gasteiger partial charge is 0.488 e. The summed E-state index contributed by atoms with van der Waals surface area (Å²) in [7, 11) is 0. The molecule has 0 saturated carbocycles. The zero-order chi connectivity index (χ0) is 19.7. The molecule has 0 bridgehead atoms. The van der Waals surface area contributed by atoms with Gasteiger partial charge in [0, 0.05) is 23.4 Å². The Balaban J connectivity index is 2.00. The smallest absolute Gasteiger partial charge is 0.335 e. The van der Waals surface area contributed by atoms with Crippen LogP contribution in [-0.2, 0) is 11.3 Å². The molecule has 0 amide bonds. The van der Waals surface area contributed by atoms with Gasteiger partial charge in [-0.3, -0.25) is 0 Å². The molecule has 1 unspecified atom stereocenters. The molecule has 0 radical (unpaired) electrons. The van der Waals surface area contributed by atoms with Crippen molar-refractivity contribution in [3.05, 3.63) is 70.4 Å². The minimum Gasteiger partial charge on any atom is -0.488 e. The summed E-state index contributed by atoms with van der Waals surface area (Å²) in [5.74, 6) is -0.248. The Labute approximate surface area is 170 Å². The number of hydrogen-bond acceptors (Lipinski definition) is 5. The Bertz CT molecular complexity index is 940. The van der Waals surface area contributed by atoms with Crippen molar-refractivity contribution in [1.82, 2.24) is 4.90 Å². The monoisotopic (exact) mass is 397 g/mol. The van der Waals surface area contributed by atoms with E-state index < -0.39 is 5.97 Å². The SMILES string of the molecule is CC/C(=C1/c2ccccc2COc2ccc(C(=O)O)cc21)N1CCOCC1S. The van der Waals surface area contributed by atoms with E-state index in [1.54, 1.807) is 18.2 Å². The van der Waals surface area contributed by atoms with Crippen LogP contribution in [0, 0.1) is 0 Å². The van der Waals surface area contributed by atoms with Crippen LogP contribution in [-0.4, -0.2) is 41.1 Å². The quantitative estimate of drug-likeness (QED) is 0.766. The second kappa shape index (κ2) is 7.89. The maximum absolute atomic E-state index is 11.6. The fraction of sp³-hybridized carbons (Fsp3) is 0.318. The third-order valence-electron chi connectivity index (χ3n) is 5.24. The fourth-order valence-electron chi connectivity index (χ4n) is 3.91. The van der Waals surface area contributed by atoms with Gasteiger partial charge in [-0.1, -0.05) is 31.2 Å². The molecule has 146 valence electrons. The number of aromatic carboxylic acids is 1. The van der Waals surface area contributed by atoms with Crippen molar-refractivity contribution in [2.24, 2.45) is 0 Å². The van der Waals surface area contributed by atoms with Crippen molar-refractivity contribution in [3.8, 4) is 5.75 Å². The van der Waals surface area contributed by atoms with Crippen LogP contribution in [0.15, 0.2) is 48.2 Å². The first-order valence-corrected chi connectivity index (χ1v) is 9.96. The predicted molar refractivity (Wildman–Crippen MR) is 111 cm³/mol. The Morgan fingerprint density at radius 1 is 1.25 bits per heavy atom. The molecule has 0 aromatic heterocycles. The number of carboxylic acids is 1. The average Bonchev–Trinajstić information content (AvgIpc) is 2.87. The number of carboxylic acid groups (broad SMARTS) is 1. The number of rotatable bonds is 3. The Hall–Kier alpha value is -2.44. The van der Waals surface area contributed by atoms with Crippen molar-refractivity contribution < 1.29 is 19.4 Å². The van der Waals surface area contributed by atoms with Crippen LogP contribution < -0.4 is 4.74 Å². The summed E-state index contributed by atoms with van der Waals surface area (Å²) in [6.45, 7) is 4.52. The molecule has 2 heterocycles. The molecule has 5 nitrogen and oxygen atoms in total. The highest BCUT2D eigenvalue weighted by Gasteiger charge is 2.28. The fourth-order valence-corrected chi connectivity index (χ4v) is 4.28. The summed E-state index contributed by atoms with van der Waals surface area (Å²) in [5, 5.41) is 9.49. The van der Waals surface area contributed by atoms with Gasteiger partial charge in [0.25, 0.3) is 0 Å². The maximum atomic E-state index is 11.6. The van der Waals surface area contributed by atoms with Crippen LogP contribution in [0.1, 0.15) is 40.4 Å². The van der Waals surface area contributed by atoms with E-state index in [9.17, 15) is 9.90 Å². The second-order valence-corrected chi connectivity index (χ2v) is 7.48. The predicted octanol–water partition coefficient (Wildman–Crippen LogP) is 4.03. The molecule has 1 fully saturated rings. The van der Waals surface area contributed by atoms with Crippen molar-refractivity contribution in [3.63, 3.8) is 0 Å². The molecule has 4 rings (SSSR count). The molecule has 2 aliphatic heterocycles. The Morgan fingerprint density at radius 2 is 2.07 bits per heavy atom. The van der Waals surface area contributed by atoms with Crippen molar-refractivity contribution in [2.75, 3.05) is 19.8 Å². The normalized spacial score (nSPS) is 20.5. The van der Waals surface area contributed by atoms with Crippen molar-refractivity contribution in [2.45, 2.75) is 25.3 Å². The van der Waals surface area contributed by atoms with E-state index in [2.05, 4.69) is 24.0 Å². The van der Waals surface area contributed by atoms with Gasteiger partial charge in [0.2, 0.25) is 0 Å². The summed E-state index contributed by atoms with van der Waals surface area (Å²) < 4.78 is 11.6. The summed E-state index contributed by atoms with van der Waals surface area (Å²) >= 11 is 4.73. The lowest BCUT2D eigenvalue weighted by Crippen LogP contribution is -2.41. The minimum absolute atomic E-state index is 0.0429.